The third kappa shape index (κ3) is 5.03. The molecule has 2 aromatic rings. The van der Waals surface area contributed by atoms with E-state index in [1.807, 2.05) is 6.07 Å². The topological polar surface area (TPSA) is 148 Å². The molecule has 0 bridgehead atoms. The number of fused-ring (bicyclic) bond motifs is 3. The maximum atomic E-state index is 15.5. The van der Waals surface area contributed by atoms with Crippen molar-refractivity contribution in [1.82, 2.24) is 9.80 Å². The zero-order valence-electron chi connectivity index (χ0n) is 26.2. The number of phenols is 1. The number of likely N-dealkylation sites (tertiary alicyclic amines) is 1. The number of halogens is 1. The van der Waals surface area contributed by atoms with Crippen LogP contribution in [0.5, 0.6) is 5.75 Å². The van der Waals surface area contributed by atoms with Crippen molar-refractivity contribution in [3.63, 3.8) is 0 Å². The van der Waals surface area contributed by atoms with E-state index in [2.05, 4.69) is 11.8 Å². The minimum Gasteiger partial charge on any atom is -0.511 e. The van der Waals surface area contributed by atoms with Crippen LogP contribution in [0.1, 0.15) is 54.6 Å². The molecule has 1 heterocycles. The number of carbonyl (C=O) groups excluding carboxylic acids is 2. The molecule has 4 aliphatic rings. The van der Waals surface area contributed by atoms with Gasteiger partial charge in [-0.25, -0.2) is 4.39 Å². The number of amides is 1. The number of nitrogens with two attached hydrogens (primary N) is 1. The van der Waals surface area contributed by atoms with Crippen molar-refractivity contribution in [2.45, 2.75) is 57.7 Å². The van der Waals surface area contributed by atoms with Crippen LogP contribution >= 0.6 is 0 Å². The highest BCUT2D eigenvalue weighted by molar-refractivity contribution is 6.14. The lowest BCUT2D eigenvalue weighted by Crippen LogP contribution is -2.59. The first kappa shape index (κ1) is 31.3. The Morgan fingerprint density at radius 3 is 2.42 bits per heavy atom. The highest BCUT2D eigenvalue weighted by atomic mass is 19.1. The van der Waals surface area contributed by atoms with Gasteiger partial charge in [0.1, 0.15) is 28.7 Å². The summed E-state index contributed by atoms with van der Waals surface area (Å²) in [5.74, 6) is -4.66. The number of primary amides is 1. The van der Waals surface area contributed by atoms with Crippen LogP contribution in [0.4, 0.5) is 4.39 Å². The predicted octanol–water partition coefficient (Wildman–Crippen LogP) is 4.23. The van der Waals surface area contributed by atoms with E-state index in [4.69, 9.17) is 5.73 Å². The molecule has 1 saturated heterocycles. The molecule has 3 aliphatic carbocycles. The van der Waals surface area contributed by atoms with Gasteiger partial charge in [-0.1, -0.05) is 19.1 Å². The van der Waals surface area contributed by atoms with Gasteiger partial charge in [0.15, 0.2) is 5.78 Å². The number of likely N-dealkylation sites (N-methyl/N-ethyl adjacent to an activating group) is 1. The number of piperidine rings is 1. The summed E-state index contributed by atoms with van der Waals surface area (Å²) in [7, 11) is 3.43. The van der Waals surface area contributed by atoms with Crippen LogP contribution < -0.4 is 5.73 Å². The van der Waals surface area contributed by atoms with Crippen LogP contribution in [0.25, 0.3) is 11.1 Å². The normalized spacial score (nSPS) is 29.1. The number of hydrogen-bond donors (Lipinski definition) is 5. The van der Waals surface area contributed by atoms with Crippen LogP contribution in [0.2, 0.25) is 0 Å². The zero-order chi connectivity index (χ0) is 32.5. The molecule has 9 nitrogen and oxygen atoms in total. The Morgan fingerprint density at radius 2 is 1.78 bits per heavy atom. The number of nitrogens with zero attached hydrogens (tertiary/aromatic N) is 2. The SMILES string of the molecule is CC1CCN(Cc2ccc(F)c(-c3ccc(O)c4c3CC3CC5C(C(O)=C3C4=O)[C@](C)(O)C(C(N)=O)=C(O)[C@H]5N(C)C)c2)CC1. The summed E-state index contributed by atoms with van der Waals surface area (Å²) >= 11 is 0. The average molecular weight is 620 g/mol. The van der Waals surface area contributed by atoms with E-state index < -0.39 is 52.5 Å². The largest absolute Gasteiger partial charge is 0.511 e. The van der Waals surface area contributed by atoms with E-state index in [-0.39, 0.29) is 41.2 Å². The smallest absolute Gasteiger partial charge is 0.251 e. The van der Waals surface area contributed by atoms with Crippen LogP contribution in [-0.4, -0.2) is 80.7 Å². The Hall–Kier alpha value is -3.73. The molecule has 0 aromatic heterocycles. The molecule has 0 spiro atoms. The fraction of sp³-hybridized carbons (Fsp3) is 0.486. The Morgan fingerprint density at radius 1 is 1.09 bits per heavy atom. The van der Waals surface area contributed by atoms with E-state index in [0.29, 0.717) is 29.2 Å². The molecule has 240 valence electrons. The predicted molar refractivity (Wildman–Crippen MR) is 167 cm³/mol. The number of aromatic hydroxyl groups is 1. The third-order valence-corrected chi connectivity index (χ3v) is 10.6. The van der Waals surface area contributed by atoms with Crippen LogP contribution in [0, 0.1) is 29.5 Å². The molecule has 10 heteroatoms. The summed E-state index contributed by atoms with van der Waals surface area (Å²) in [6, 6.07) is 7.28. The Kier molecular flexibility index (Phi) is 7.82. The summed E-state index contributed by atoms with van der Waals surface area (Å²) < 4.78 is 15.5. The van der Waals surface area contributed by atoms with Gasteiger partial charge in [-0.2, -0.15) is 0 Å². The molecule has 0 saturated carbocycles. The summed E-state index contributed by atoms with van der Waals surface area (Å²) in [4.78, 5) is 30.6. The number of carbonyl (C=O) groups is 2. The fourth-order valence-corrected chi connectivity index (χ4v) is 8.50. The molecule has 5 atom stereocenters. The number of ketones is 1. The monoisotopic (exact) mass is 619 g/mol. The molecule has 2 aromatic carbocycles. The van der Waals surface area contributed by atoms with E-state index in [9.17, 15) is 30.0 Å². The maximum absolute atomic E-state index is 15.5. The van der Waals surface area contributed by atoms with Crippen molar-refractivity contribution in [3.05, 3.63) is 75.5 Å². The van der Waals surface area contributed by atoms with Gasteiger partial charge in [0.2, 0.25) is 0 Å². The first-order valence-electron chi connectivity index (χ1n) is 15.7. The van der Waals surface area contributed by atoms with Gasteiger partial charge in [-0.15, -0.1) is 0 Å². The van der Waals surface area contributed by atoms with Gasteiger partial charge in [0.05, 0.1) is 23.1 Å². The van der Waals surface area contributed by atoms with Gasteiger partial charge in [0.25, 0.3) is 5.91 Å². The van der Waals surface area contributed by atoms with E-state index >= 15 is 4.39 Å². The molecule has 6 N–H and O–H groups in total. The number of aliphatic hydroxyl groups is 3. The Balaban J connectivity index is 1.44. The lowest BCUT2D eigenvalue weighted by atomic mass is 9.56. The van der Waals surface area contributed by atoms with E-state index in [0.717, 1.165) is 31.5 Å². The van der Waals surface area contributed by atoms with Crippen molar-refractivity contribution in [3.8, 4) is 16.9 Å². The van der Waals surface area contributed by atoms with Crippen LogP contribution in [0.3, 0.4) is 0 Å². The first-order valence-corrected chi connectivity index (χ1v) is 15.7. The number of phenolic OH excluding ortho intramolecular Hbond substituents is 1. The van der Waals surface area contributed by atoms with Crippen molar-refractivity contribution in [2.24, 2.45) is 29.4 Å². The molecule has 0 radical (unpaired) electrons. The van der Waals surface area contributed by atoms with Crippen molar-refractivity contribution < 1.29 is 34.4 Å². The van der Waals surface area contributed by atoms with Gasteiger partial charge >= 0.3 is 0 Å². The van der Waals surface area contributed by atoms with Crippen molar-refractivity contribution >= 4 is 11.7 Å². The lowest BCUT2D eigenvalue weighted by Gasteiger charge is -2.52. The standard InChI is InChI=1S/C35H42FN3O6/c1-17-9-11-39(12-10-17)16-18-5-7-24(36)21(13-18)20-6-8-25(40)27-22(20)14-19-15-23-28(32(42)26(19)31(27)41)35(2,45)29(34(37)44)33(43)30(23)38(3)4/h5-8,13,17,19,23,28,30,40,42-43,45H,9-12,14-16H2,1-4H3,(H2,37,44)/t19?,23?,28?,30-,35-/m0/s1. The molecule has 1 amide bonds. The highest BCUT2D eigenvalue weighted by Crippen LogP contribution is 2.55. The minimum atomic E-state index is -2.06. The summed E-state index contributed by atoms with van der Waals surface area (Å²) in [6.45, 7) is 6.20. The third-order valence-electron chi connectivity index (χ3n) is 10.6. The van der Waals surface area contributed by atoms with Crippen LogP contribution in [-0.2, 0) is 17.8 Å². The van der Waals surface area contributed by atoms with Crippen molar-refractivity contribution in [2.75, 3.05) is 27.2 Å². The molecule has 45 heavy (non-hydrogen) atoms. The average Bonchev–Trinajstić information content (AvgIpc) is 2.94. The van der Waals surface area contributed by atoms with Gasteiger partial charge < -0.3 is 26.2 Å². The summed E-state index contributed by atoms with van der Waals surface area (Å²) in [6.07, 6.45) is 2.73. The quantitative estimate of drug-likeness (QED) is 0.334. The Labute approximate surface area is 262 Å². The Bertz CT molecular complexity index is 1640. The molecule has 1 fully saturated rings. The number of aliphatic hydroxyl groups excluding tert-OH is 2. The van der Waals surface area contributed by atoms with Crippen molar-refractivity contribution in [1.29, 1.82) is 0 Å². The maximum Gasteiger partial charge on any atom is 0.251 e. The number of benzene rings is 2. The molecule has 6 rings (SSSR count). The second kappa shape index (κ2) is 11.3. The molecular weight excluding hydrogens is 577 g/mol. The van der Waals surface area contributed by atoms with Gasteiger partial charge in [-0.05, 0) is 112 Å². The van der Waals surface area contributed by atoms with Gasteiger partial charge in [0, 0.05) is 17.7 Å². The number of hydrogen-bond acceptors (Lipinski definition) is 8. The second-order valence-corrected chi connectivity index (χ2v) is 13.8. The fourth-order valence-electron chi connectivity index (χ4n) is 8.50. The van der Waals surface area contributed by atoms with Gasteiger partial charge in [-0.3, -0.25) is 19.4 Å². The summed E-state index contributed by atoms with van der Waals surface area (Å²) in [5.41, 5.74) is 5.45. The number of rotatable bonds is 5. The second-order valence-electron chi connectivity index (χ2n) is 13.8. The molecule has 1 aliphatic heterocycles. The first-order chi connectivity index (χ1) is 21.2. The lowest BCUT2D eigenvalue weighted by molar-refractivity contribution is -0.120. The molecular formula is C35H42FN3O6. The van der Waals surface area contributed by atoms with E-state index in [1.165, 1.54) is 19.1 Å². The number of Topliss-reactive ketones (excluding diaryl/α,β-unsaturated/α-hetero) is 1. The minimum absolute atomic E-state index is 0.00769. The molecule has 3 unspecified atom stereocenters. The summed E-state index contributed by atoms with van der Waals surface area (Å²) in [5, 5.41) is 45.5. The van der Waals surface area contributed by atoms with Crippen LogP contribution in [0.15, 0.2) is 53.0 Å². The van der Waals surface area contributed by atoms with E-state index in [1.54, 1.807) is 31.1 Å². The highest BCUT2D eigenvalue weighted by Gasteiger charge is 2.59. The zero-order valence-corrected chi connectivity index (χ0v) is 26.2. The number of allylic oxidation sites excluding steroid dienone is 1.